The Kier molecular flexibility index (Phi) is 4.41. The zero-order chi connectivity index (χ0) is 19.7. The molecule has 1 aromatic heterocycles. The predicted molar refractivity (Wildman–Crippen MR) is 101 cm³/mol. The summed E-state index contributed by atoms with van der Waals surface area (Å²) in [6.45, 7) is 0. The van der Waals surface area contributed by atoms with Crippen LogP contribution in [0.15, 0.2) is 66.7 Å². The third kappa shape index (κ3) is 3.25. The van der Waals surface area contributed by atoms with Crippen LogP contribution in [-0.2, 0) is 0 Å². The Bertz CT molecular complexity index is 1190. The molecule has 5 nitrogen and oxygen atoms in total. The first-order valence-corrected chi connectivity index (χ1v) is 8.40. The number of aromatic amines is 1. The van der Waals surface area contributed by atoms with Gasteiger partial charge in [-0.1, -0.05) is 42.5 Å². The molecule has 0 aliphatic carbocycles. The zero-order valence-corrected chi connectivity index (χ0v) is 14.5. The minimum Gasteiger partial charge on any atom is -0.363 e. The van der Waals surface area contributed by atoms with Gasteiger partial charge in [0.2, 0.25) is 5.82 Å². The maximum absolute atomic E-state index is 14.3. The lowest BCUT2D eigenvalue weighted by Crippen LogP contribution is -2.12. The molecule has 0 saturated heterocycles. The molecule has 4 rings (SSSR count). The number of carbonyl (C=O) groups is 1. The minimum atomic E-state index is -0.702. The molecule has 0 aliphatic rings. The maximum atomic E-state index is 14.3. The molecule has 1 heterocycles. The van der Waals surface area contributed by atoms with Gasteiger partial charge in [0.15, 0.2) is 5.82 Å². The van der Waals surface area contributed by atoms with Gasteiger partial charge < -0.3 is 5.73 Å². The lowest BCUT2D eigenvalue weighted by molar-refractivity contribution is 0.0991. The lowest BCUT2D eigenvalue weighted by atomic mass is 9.93. The smallest absolute Gasteiger partial charge is 0.286 e. The molecular formula is C21H14F2N4O. The van der Waals surface area contributed by atoms with Gasteiger partial charge in [-0.15, -0.1) is 0 Å². The number of aromatic nitrogens is 3. The normalized spacial score (nSPS) is 10.8. The van der Waals surface area contributed by atoms with Gasteiger partial charge in [-0.05, 0) is 34.9 Å². The zero-order valence-electron chi connectivity index (χ0n) is 14.5. The molecule has 0 bridgehead atoms. The standard InChI is InChI=1S/C21H14F2N4O/c22-14-8-9-17(18(23)11-14)16-7-2-1-6-15(16)12-4-3-5-13(10-12)20-25-21(19(24)28)27-26-20/h1-11H,(H2,24,28)(H,25,26,27). The molecule has 0 atom stereocenters. The first-order chi connectivity index (χ1) is 13.5. The van der Waals surface area contributed by atoms with Gasteiger partial charge in [-0.2, -0.15) is 5.10 Å². The number of primary amides is 1. The number of H-pyrrole nitrogens is 1. The number of hydrogen-bond acceptors (Lipinski definition) is 3. The van der Waals surface area contributed by atoms with Crippen molar-refractivity contribution in [2.75, 3.05) is 0 Å². The number of amides is 1. The summed E-state index contributed by atoms with van der Waals surface area (Å²) in [6, 6.07) is 18.1. The van der Waals surface area contributed by atoms with Gasteiger partial charge in [0.25, 0.3) is 5.91 Å². The summed E-state index contributed by atoms with van der Waals surface area (Å²) < 4.78 is 27.6. The van der Waals surface area contributed by atoms with E-state index in [9.17, 15) is 13.6 Å². The number of rotatable bonds is 4. The average Bonchev–Trinajstić information content (AvgIpc) is 3.19. The van der Waals surface area contributed by atoms with Gasteiger partial charge in [-0.3, -0.25) is 9.89 Å². The highest BCUT2D eigenvalue weighted by Crippen LogP contribution is 2.35. The van der Waals surface area contributed by atoms with Crippen LogP contribution in [0.3, 0.4) is 0 Å². The predicted octanol–water partition coefficient (Wildman–Crippen LogP) is 4.18. The Morgan fingerprint density at radius 2 is 1.61 bits per heavy atom. The number of carbonyl (C=O) groups excluding carboxylic acids is 1. The van der Waals surface area contributed by atoms with Crippen molar-refractivity contribution in [1.82, 2.24) is 15.2 Å². The molecule has 28 heavy (non-hydrogen) atoms. The fourth-order valence-corrected chi connectivity index (χ4v) is 3.00. The number of hydrogen-bond donors (Lipinski definition) is 2. The largest absolute Gasteiger partial charge is 0.363 e. The van der Waals surface area contributed by atoms with Crippen LogP contribution in [0.25, 0.3) is 33.6 Å². The summed E-state index contributed by atoms with van der Waals surface area (Å²) in [5.41, 5.74) is 8.35. The van der Waals surface area contributed by atoms with Crippen LogP contribution >= 0.6 is 0 Å². The Labute approximate surface area is 158 Å². The number of halogens is 2. The monoisotopic (exact) mass is 376 g/mol. The van der Waals surface area contributed by atoms with E-state index >= 15 is 0 Å². The van der Waals surface area contributed by atoms with E-state index in [1.165, 1.54) is 12.1 Å². The SMILES string of the molecule is NC(=O)c1nc(-c2cccc(-c3ccccc3-c3ccc(F)cc3F)c2)n[nH]1. The van der Waals surface area contributed by atoms with Crippen LogP contribution in [0.4, 0.5) is 8.78 Å². The molecule has 4 aromatic rings. The summed E-state index contributed by atoms with van der Waals surface area (Å²) in [5.74, 6) is -1.68. The highest BCUT2D eigenvalue weighted by Gasteiger charge is 2.14. The fraction of sp³-hybridized carbons (Fsp3) is 0. The van der Waals surface area contributed by atoms with Crippen LogP contribution in [0.2, 0.25) is 0 Å². The van der Waals surface area contributed by atoms with Gasteiger partial charge in [0.1, 0.15) is 11.6 Å². The van der Waals surface area contributed by atoms with Crippen molar-refractivity contribution in [3.63, 3.8) is 0 Å². The summed E-state index contributed by atoms with van der Waals surface area (Å²) >= 11 is 0. The summed E-state index contributed by atoms with van der Waals surface area (Å²) in [4.78, 5) is 15.3. The van der Waals surface area contributed by atoms with Crippen molar-refractivity contribution in [3.8, 4) is 33.6 Å². The van der Waals surface area contributed by atoms with Crippen molar-refractivity contribution in [2.24, 2.45) is 5.73 Å². The molecule has 138 valence electrons. The van der Waals surface area contributed by atoms with E-state index < -0.39 is 17.5 Å². The van der Waals surface area contributed by atoms with E-state index in [2.05, 4.69) is 15.2 Å². The second-order valence-electron chi connectivity index (χ2n) is 6.12. The fourth-order valence-electron chi connectivity index (χ4n) is 3.00. The minimum absolute atomic E-state index is 0.0332. The molecule has 0 unspecified atom stereocenters. The Morgan fingerprint density at radius 1 is 0.857 bits per heavy atom. The van der Waals surface area contributed by atoms with E-state index in [4.69, 9.17) is 5.73 Å². The number of nitrogens with one attached hydrogen (secondary N) is 1. The Hall–Kier alpha value is -3.87. The molecular weight excluding hydrogens is 362 g/mol. The molecule has 0 fully saturated rings. The average molecular weight is 376 g/mol. The topological polar surface area (TPSA) is 84.7 Å². The summed E-state index contributed by atoms with van der Waals surface area (Å²) in [7, 11) is 0. The van der Waals surface area contributed by atoms with E-state index in [-0.39, 0.29) is 5.82 Å². The molecule has 1 amide bonds. The maximum Gasteiger partial charge on any atom is 0.286 e. The van der Waals surface area contributed by atoms with Crippen molar-refractivity contribution in [1.29, 1.82) is 0 Å². The highest BCUT2D eigenvalue weighted by atomic mass is 19.1. The molecule has 0 saturated carbocycles. The van der Waals surface area contributed by atoms with Crippen LogP contribution in [0, 0.1) is 11.6 Å². The van der Waals surface area contributed by atoms with Crippen molar-refractivity contribution in [2.45, 2.75) is 0 Å². The molecule has 3 aromatic carbocycles. The van der Waals surface area contributed by atoms with Crippen LogP contribution in [0.5, 0.6) is 0 Å². The van der Waals surface area contributed by atoms with E-state index in [1.54, 1.807) is 18.2 Å². The Morgan fingerprint density at radius 3 is 2.32 bits per heavy atom. The van der Waals surface area contributed by atoms with Crippen molar-refractivity contribution >= 4 is 5.91 Å². The number of nitrogens with zero attached hydrogens (tertiary/aromatic N) is 2. The summed E-state index contributed by atoms with van der Waals surface area (Å²) in [5, 5.41) is 6.50. The Balaban J connectivity index is 1.81. The third-order valence-electron chi connectivity index (χ3n) is 4.30. The molecule has 7 heteroatoms. The lowest BCUT2D eigenvalue weighted by Gasteiger charge is -2.12. The first kappa shape index (κ1) is 17.5. The van der Waals surface area contributed by atoms with Gasteiger partial charge in [0.05, 0.1) is 0 Å². The van der Waals surface area contributed by atoms with Crippen molar-refractivity contribution in [3.05, 3.63) is 84.2 Å². The third-order valence-corrected chi connectivity index (χ3v) is 4.30. The van der Waals surface area contributed by atoms with Crippen LogP contribution in [0.1, 0.15) is 10.6 Å². The van der Waals surface area contributed by atoms with Gasteiger partial charge in [-0.25, -0.2) is 13.8 Å². The van der Waals surface area contributed by atoms with E-state index in [1.807, 2.05) is 30.3 Å². The molecule has 3 N–H and O–H groups in total. The van der Waals surface area contributed by atoms with Gasteiger partial charge >= 0.3 is 0 Å². The number of nitrogens with two attached hydrogens (primary N) is 1. The first-order valence-electron chi connectivity index (χ1n) is 8.40. The second kappa shape index (κ2) is 7.03. The highest BCUT2D eigenvalue weighted by molar-refractivity contribution is 5.89. The van der Waals surface area contributed by atoms with Crippen LogP contribution in [-0.4, -0.2) is 21.1 Å². The van der Waals surface area contributed by atoms with Crippen LogP contribution < -0.4 is 5.73 Å². The van der Waals surface area contributed by atoms with Gasteiger partial charge in [0, 0.05) is 17.2 Å². The number of benzene rings is 3. The second-order valence-corrected chi connectivity index (χ2v) is 6.12. The van der Waals surface area contributed by atoms with E-state index in [0.717, 1.165) is 17.2 Å². The molecule has 0 radical (unpaired) electrons. The molecule has 0 spiro atoms. The summed E-state index contributed by atoms with van der Waals surface area (Å²) in [6.07, 6.45) is 0. The molecule has 0 aliphatic heterocycles. The van der Waals surface area contributed by atoms with E-state index in [0.29, 0.717) is 22.5 Å². The van der Waals surface area contributed by atoms with Crippen molar-refractivity contribution < 1.29 is 13.6 Å². The quantitative estimate of drug-likeness (QED) is 0.560.